The Morgan fingerprint density at radius 2 is 1.88 bits per heavy atom. The average molecular weight is 358 g/mol. The maximum absolute atomic E-state index is 12.4. The number of fused-ring (bicyclic) bond motifs is 1. The van der Waals surface area contributed by atoms with Gasteiger partial charge in [0.2, 0.25) is 5.91 Å². The highest BCUT2D eigenvalue weighted by atomic mass is 32.1. The number of carbonyl (C=O) groups excluding carboxylic acids is 1. The van der Waals surface area contributed by atoms with E-state index in [9.17, 15) is 4.79 Å². The summed E-state index contributed by atoms with van der Waals surface area (Å²) in [5.41, 5.74) is 3.13. The fourth-order valence-corrected chi connectivity index (χ4v) is 3.75. The van der Waals surface area contributed by atoms with Crippen molar-refractivity contribution in [3.8, 4) is 10.4 Å². The van der Waals surface area contributed by atoms with E-state index in [1.165, 1.54) is 4.88 Å². The standard InChI is InChI=1S/C22H18N2OS/c25-22(12-18-7-3-6-17-5-1-2-8-20(17)18)24-14-16-11-19(15-23-13-16)21-9-4-10-26-21/h1-11,13,15H,12,14H2,(H,24,25). The summed E-state index contributed by atoms with van der Waals surface area (Å²) < 4.78 is 0. The fourth-order valence-electron chi connectivity index (χ4n) is 3.04. The Balaban J connectivity index is 1.43. The predicted molar refractivity (Wildman–Crippen MR) is 107 cm³/mol. The van der Waals surface area contributed by atoms with Gasteiger partial charge in [-0.1, -0.05) is 48.5 Å². The van der Waals surface area contributed by atoms with Crippen LogP contribution in [0.2, 0.25) is 0 Å². The zero-order valence-corrected chi connectivity index (χ0v) is 15.0. The number of thiophene rings is 1. The molecule has 2 heterocycles. The van der Waals surface area contributed by atoms with Gasteiger partial charge in [-0.3, -0.25) is 9.78 Å². The Kier molecular flexibility index (Phi) is 4.75. The molecule has 2 aromatic heterocycles. The third-order valence-corrected chi connectivity index (χ3v) is 5.24. The highest BCUT2D eigenvalue weighted by Crippen LogP contribution is 2.24. The Labute approximate surface area is 156 Å². The highest BCUT2D eigenvalue weighted by Gasteiger charge is 2.07. The number of rotatable bonds is 5. The molecule has 0 aliphatic heterocycles. The number of nitrogens with zero attached hydrogens (tertiary/aromatic N) is 1. The molecule has 0 saturated heterocycles. The molecule has 4 rings (SSSR count). The lowest BCUT2D eigenvalue weighted by Gasteiger charge is -2.08. The first kappa shape index (κ1) is 16.5. The van der Waals surface area contributed by atoms with Crippen molar-refractivity contribution in [3.05, 3.63) is 89.6 Å². The molecule has 0 saturated carbocycles. The van der Waals surface area contributed by atoms with Crippen LogP contribution in [0, 0.1) is 0 Å². The van der Waals surface area contributed by atoms with Gasteiger partial charge in [0.25, 0.3) is 0 Å². The van der Waals surface area contributed by atoms with Gasteiger partial charge in [0.1, 0.15) is 0 Å². The van der Waals surface area contributed by atoms with Crippen molar-refractivity contribution in [2.75, 3.05) is 0 Å². The third kappa shape index (κ3) is 3.65. The molecule has 0 bridgehead atoms. The van der Waals surface area contributed by atoms with Crippen LogP contribution in [-0.2, 0) is 17.8 Å². The van der Waals surface area contributed by atoms with Crippen molar-refractivity contribution < 1.29 is 4.79 Å². The number of aromatic nitrogens is 1. The quantitative estimate of drug-likeness (QED) is 0.556. The summed E-state index contributed by atoms with van der Waals surface area (Å²) >= 11 is 1.68. The second-order valence-corrected chi connectivity index (χ2v) is 7.10. The van der Waals surface area contributed by atoms with Gasteiger partial charge >= 0.3 is 0 Å². The number of amides is 1. The van der Waals surface area contributed by atoms with Crippen LogP contribution in [-0.4, -0.2) is 10.9 Å². The van der Waals surface area contributed by atoms with Crippen LogP contribution >= 0.6 is 11.3 Å². The average Bonchev–Trinajstić information content (AvgIpc) is 3.22. The second-order valence-electron chi connectivity index (χ2n) is 6.15. The Morgan fingerprint density at radius 1 is 1.00 bits per heavy atom. The molecule has 26 heavy (non-hydrogen) atoms. The SMILES string of the molecule is O=C(Cc1cccc2ccccc12)NCc1cncc(-c2cccs2)c1. The molecule has 0 spiro atoms. The smallest absolute Gasteiger partial charge is 0.224 e. The lowest BCUT2D eigenvalue weighted by Crippen LogP contribution is -2.24. The summed E-state index contributed by atoms with van der Waals surface area (Å²) in [6, 6.07) is 20.4. The molecule has 1 N–H and O–H groups in total. The predicted octanol–water partition coefficient (Wildman–Crippen LogP) is 4.82. The molecule has 0 aliphatic rings. The molecule has 4 heteroatoms. The normalized spacial score (nSPS) is 10.8. The van der Waals surface area contributed by atoms with Crippen LogP contribution in [0.1, 0.15) is 11.1 Å². The van der Waals surface area contributed by atoms with Gasteiger partial charge < -0.3 is 5.32 Å². The summed E-state index contributed by atoms with van der Waals surface area (Å²) in [5, 5.41) is 7.35. The monoisotopic (exact) mass is 358 g/mol. The van der Waals surface area contributed by atoms with E-state index in [4.69, 9.17) is 0 Å². The number of hydrogen-bond donors (Lipinski definition) is 1. The first-order valence-electron chi connectivity index (χ1n) is 8.51. The number of pyridine rings is 1. The molecule has 128 valence electrons. The topological polar surface area (TPSA) is 42.0 Å². The van der Waals surface area contributed by atoms with Crippen LogP contribution in [0.3, 0.4) is 0 Å². The molecule has 0 unspecified atom stereocenters. The van der Waals surface area contributed by atoms with Gasteiger partial charge in [0.05, 0.1) is 6.42 Å². The molecule has 1 amide bonds. The lowest BCUT2D eigenvalue weighted by atomic mass is 10.0. The third-order valence-electron chi connectivity index (χ3n) is 4.32. The van der Waals surface area contributed by atoms with Crippen LogP contribution in [0.4, 0.5) is 0 Å². The summed E-state index contributed by atoms with van der Waals surface area (Å²) in [6.45, 7) is 0.482. The van der Waals surface area contributed by atoms with Crippen LogP contribution in [0.25, 0.3) is 21.2 Å². The van der Waals surface area contributed by atoms with Crippen molar-refractivity contribution in [3.63, 3.8) is 0 Å². The summed E-state index contributed by atoms with van der Waals surface area (Å²) in [5.74, 6) is 0.0166. The maximum Gasteiger partial charge on any atom is 0.224 e. The zero-order valence-electron chi connectivity index (χ0n) is 14.2. The number of benzene rings is 2. The molecule has 0 atom stereocenters. The van der Waals surface area contributed by atoms with Crippen molar-refractivity contribution in [1.29, 1.82) is 0 Å². The first-order valence-corrected chi connectivity index (χ1v) is 9.39. The van der Waals surface area contributed by atoms with Gasteiger partial charge in [-0.25, -0.2) is 0 Å². The van der Waals surface area contributed by atoms with E-state index in [2.05, 4.69) is 40.6 Å². The van der Waals surface area contributed by atoms with Gasteiger partial charge in [-0.05, 0) is 39.4 Å². The lowest BCUT2D eigenvalue weighted by molar-refractivity contribution is -0.120. The van der Waals surface area contributed by atoms with Crippen molar-refractivity contribution in [2.24, 2.45) is 0 Å². The Bertz CT molecular complexity index is 1040. The van der Waals surface area contributed by atoms with E-state index < -0.39 is 0 Å². The van der Waals surface area contributed by atoms with Gasteiger partial charge in [0, 0.05) is 29.4 Å². The molecule has 0 radical (unpaired) electrons. The van der Waals surface area contributed by atoms with E-state index in [1.54, 1.807) is 17.5 Å². The summed E-state index contributed by atoms with van der Waals surface area (Å²) in [7, 11) is 0. The van der Waals surface area contributed by atoms with Crippen LogP contribution < -0.4 is 5.32 Å². The van der Waals surface area contributed by atoms with Gasteiger partial charge in [0.15, 0.2) is 0 Å². The maximum atomic E-state index is 12.4. The first-order chi connectivity index (χ1) is 12.8. The highest BCUT2D eigenvalue weighted by molar-refractivity contribution is 7.13. The van der Waals surface area contributed by atoms with E-state index in [0.29, 0.717) is 13.0 Å². The van der Waals surface area contributed by atoms with Crippen LogP contribution in [0.15, 0.2) is 78.4 Å². The van der Waals surface area contributed by atoms with Gasteiger partial charge in [-0.15, -0.1) is 11.3 Å². The van der Waals surface area contributed by atoms with E-state index in [1.807, 2.05) is 41.9 Å². The Morgan fingerprint density at radius 3 is 2.77 bits per heavy atom. The molecule has 0 aliphatic carbocycles. The van der Waals surface area contributed by atoms with E-state index in [-0.39, 0.29) is 5.91 Å². The minimum Gasteiger partial charge on any atom is -0.352 e. The minimum atomic E-state index is 0.0166. The molecular formula is C22H18N2OS. The Hall–Kier alpha value is -2.98. The molecule has 3 nitrogen and oxygen atoms in total. The molecular weight excluding hydrogens is 340 g/mol. The minimum absolute atomic E-state index is 0.0166. The van der Waals surface area contributed by atoms with Crippen molar-refractivity contribution in [1.82, 2.24) is 10.3 Å². The largest absolute Gasteiger partial charge is 0.352 e. The number of hydrogen-bond acceptors (Lipinski definition) is 3. The molecule has 4 aromatic rings. The van der Waals surface area contributed by atoms with Crippen molar-refractivity contribution in [2.45, 2.75) is 13.0 Å². The summed E-state index contributed by atoms with van der Waals surface area (Å²) in [6.07, 6.45) is 4.03. The van der Waals surface area contributed by atoms with Gasteiger partial charge in [-0.2, -0.15) is 0 Å². The van der Waals surface area contributed by atoms with Crippen molar-refractivity contribution >= 4 is 28.0 Å². The van der Waals surface area contributed by atoms with Crippen LogP contribution in [0.5, 0.6) is 0 Å². The fraction of sp³-hybridized carbons (Fsp3) is 0.0909. The second kappa shape index (κ2) is 7.50. The number of carbonyl (C=O) groups is 1. The summed E-state index contributed by atoms with van der Waals surface area (Å²) in [4.78, 5) is 17.9. The van der Waals surface area contributed by atoms with E-state index in [0.717, 1.165) is 27.5 Å². The molecule has 0 fully saturated rings. The van der Waals surface area contributed by atoms with E-state index >= 15 is 0 Å². The zero-order chi connectivity index (χ0) is 17.8. The molecule has 2 aromatic carbocycles. The number of nitrogens with one attached hydrogen (secondary N) is 1.